The third-order valence-electron chi connectivity index (χ3n) is 3.42. The Bertz CT molecular complexity index is 653. The summed E-state index contributed by atoms with van der Waals surface area (Å²) < 4.78 is 32.4. The molecule has 8 heteroatoms. The fraction of sp³-hybridized carbons (Fsp3) is 0.462. The molecule has 1 fully saturated rings. The molecule has 1 unspecified atom stereocenters. The minimum atomic E-state index is -3.81. The molecule has 0 spiro atoms. The molecular weight excluding hydrogens is 318 g/mol. The maximum atomic E-state index is 12.2. The molecule has 1 saturated heterocycles. The van der Waals surface area contributed by atoms with Crippen LogP contribution in [0, 0.1) is 0 Å². The molecule has 1 aromatic rings. The second-order valence-electron chi connectivity index (χ2n) is 5.17. The van der Waals surface area contributed by atoms with E-state index in [9.17, 15) is 13.2 Å². The van der Waals surface area contributed by atoms with Gasteiger partial charge in [-0.2, -0.15) is 0 Å². The third-order valence-corrected chi connectivity index (χ3v) is 5.14. The van der Waals surface area contributed by atoms with Crippen LogP contribution >= 0.6 is 11.6 Å². The maximum absolute atomic E-state index is 12.2. The first kappa shape index (κ1) is 16.2. The zero-order chi connectivity index (χ0) is 15.7. The molecule has 1 aromatic carbocycles. The first-order valence-corrected chi connectivity index (χ1v) is 8.26. The largest absolute Gasteiger partial charge is 0.478 e. The van der Waals surface area contributed by atoms with E-state index in [1.165, 1.54) is 12.1 Å². The van der Waals surface area contributed by atoms with Crippen LogP contribution in [-0.4, -0.2) is 38.2 Å². The lowest BCUT2D eigenvalue weighted by atomic mass is 10.0. The normalized spacial score (nSPS) is 22.4. The van der Waals surface area contributed by atoms with Crippen molar-refractivity contribution in [1.29, 1.82) is 0 Å². The van der Waals surface area contributed by atoms with Crippen molar-refractivity contribution in [3.05, 3.63) is 28.8 Å². The second-order valence-corrected chi connectivity index (χ2v) is 7.35. The summed E-state index contributed by atoms with van der Waals surface area (Å²) in [5, 5.41) is 8.97. The lowest BCUT2D eigenvalue weighted by Gasteiger charge is -2.23. The molecule has 0 aliphatic carbocycles. The Labute approximate surface area is 128 Å². The van der Waals surface area contributed by atoms with Crippen LogP contribution in [0.2, 0.25) is 5.02 Å². The Morgan fingerprint density at radius 1 is 1.52 bits per heavy atom. The highest BCUT2D eigenvalue weighted by Gasteiger charge is 2.31. The number of carbonyl (C=O) groups is 1. The van der Waals surface area contributed by atoms with E-state index in [0.29, 0.717) is 6.61 Å². The quantitative estimate of drug-likeness (QED) is 0.858. The highest BCUT2D eigenvalue weighted by molar-refractivity contribution is 7.89. The molecule has 116 valence electrons. The van der Waals surface area contributed by atoms with E-state index in [1.54, 1.807) is 0 Å². The lowest BCUT2D eigenvalue weighted by Crippen LogP contribution is -2.40. The monoisotopic (exact) mass is 333 g/mol. The van der Waals surface area contributed by atoms with Gasteiger partial charge in [0.1, 0.15) is 0 Å². The predicted molar refractivity (Wildman–Crippen MR) is 77.2 cm³/mol. The van der Waals surface area contributed by atoms with Gasteiger partial charge >= 0.3 is 5.97 Å². The van der Waals surface area contributed by atoms with Crippen LogP contribution in [0.3, 0.4) is 0 Å². The number of benzene rings is 1. The molecular formula is C13H16ClNO5S. The van der Waals surface area contributed by atoms with Crippen LogP contribution in [0.1, 0.15) is 30.1 Å². The summed E-state index contributed by atoms with van der Waals surface area (Å²) in [7, 11) is -3.81. The molecule has 2 rings (SSSR count). The van der Waals surface area contributed by atoms with Gasteiger partial charge in [0.05, 0.1) is 21.1 Å². The van der Waals surface area contributed by atoms with Gasteiger partial charge in [-0.1, -0.05) is 11.6 Å². The number of carboxylic acid groups (broad SMARTS) is 1. The van der Waals surface area contributed by atoms with Gasteiger partial charge in [0.15, 0.2) is 0 Å². The Kier molecular flexibility index (Phi) is 4.57. The summed E-state index contributed by atoms with van der Waals surface area (Å²) in [5.41, 5.74) is -0.766. The van der Waals surface area contributed by atoms with Crippen molar-refractivity contribution in [2.45, 2.75) is 30.3 Å². The fourth-order valence-corrected chi connectivity index (χ4v) is 3.52. The Morgan fingerprint density at radius 2 is 2.24 bits per heavy atom. The van der Waals surface area contributed by atoms with Crippen molar-refractivity contribution >= 4 is 27.6 Å². The molecule has 21 heavy (non-hydrogen) atoms. The molecule has 0 radical (unpaired) electrons. The molecule has 1 heterocycles. The number of halogens is 1. The van der Waals surface area contributed by atoms with E-state index in [1.807, 2.05) is 6.92 Å². The van der Waals surface area contributed by atoms with Crippen molar-refractivity contribution in [3.63, 3.8) is 0 Å². The second kappa shape index (κ2) is 5.92. The summed E-state index contributed by atoms with van der Waals surface area (Å²) in [5.74, 6) is -1.27. The van der Waals surface area contributed by atoms with Crippen LogP contribution in [0.15, 0.2) is 23.1 Å². The van der Waals surface area contributed by atoms with Crippen LogP contribution in [-0.2, 0) is 14.8 Å². The SMILES string of the molecule is CC1(CNS(=O)(=O)c2ccc(Cl)c(C(=O)O)c2)CCCO1. The highest BCUT2D eigenvalue weighted by Crippen LogP contribution is 2.25. The molecule has 1 aliphatic rings. The van der Waals surface area contributed by atoms with Gasteiger partial charge in [0, 0.05) is 13.2 Å². The molecule has 0 saturated carbocycles. The van der Waals surface area contributed by atoms with Crippen molar-refractivity contribution in [2.75, 3.05) is 13.2 Å². The van der Waals surface area contributed by atoms with Crippen LogP contribution < -0.4 is 4.72 Å². The molecule has 1 atom stereocenters. The van der Waals surface area contributed by atoms with Crippen molar-refractivity contribution in [1.82, 2.24) is 4.72 Å². The summed E-state index contributed by atoms with van der Waals surface area (Å²) in [4.78, 5) is 10.9. The average Bonchev–Trinajstić information content (AvgIpc) is 2.84. The van der Waals surface area contributed by atoms with Crippen molar-refractivity contribution in [3.8, 4) is 0 Å². The van der Waals surface area contributed by atoms with E-state index in [-0.39, 0.29) is 22.0 Å². The fourth-order valence-electron chi connectivity index (χ4n) is 2.14. The number of carboxylic acids is 1. The smallest absolute Gasteiger partial charge is 0.337 e. The number of hydrogen-bond donors (Lipinski definition) is 2. The third kappa shape index (κ3) is 3.74. The summed E-state index contributed by atoms with van der Waals surface area (Å²) >= 11 is 5.73. The van der Waals surface area contributed by atoms with Gasteiger partial charge in [0.2, 0.25) is 10.0 Å². The number of ether oxygens (including phenoxy) is 1. The van der Waals surface area contributed by atoms with Gasteiger partial charge in [-0.3, -0.25) is 0 Å². The topological polar surface area (TPSA) is 92.7 Å². The number of hydrogen-bond acceptors (Lipinski definition) is 4. The van der Waals surface area contributed by atoms with Crippen LogP contribution in [0.4, 0.5) is 0 Å². The van der Waals surface area contributed by atoms with Crippen molar-refractivity contribution in [2.24, 2.45) is 0 Å². The predicted octanol–water partition coefficient (Wildman–Crippen LogP) is 1.89. The van der Waals surface area contributed by atoms with E-state index < -0.39 is 21.6 Å². The van der Waals surface area contributed by atoms with E-state index in [0.717, 1.165) is 18.9 Å². The first-order chi connectivity index (χ1) is 9.73. The zero-order valence-corrected chi connectivity index (χ0v) is 13.0. The standard InChI is InChI=1S/C13H16ClNO5S/c1-13(5-2-6-20-13)8-15-21(18,19)9-3-4-11(14)10(7-9)12(16)17/h3-4,7,15H,2,5-6,8H2,1H3,(H,16,17). The summed E-state index contributed by atoms with van der Waals surface area (Å²) in [6.07, 6.45) is 1.67. The minimum absolute atomic E-state index is 0.00691. The molecule has 1 aliphatic heterocycles. The van der Waals surface area contributed by atoms with Crippen molar-refractivity contribution < 1.29 is 23.1 Å². The van der Waals surface area contributed by atoms with Gasteiger partial charge < -0.3 is 9.84 Å². The molecule has 6 nitrogen and oxygen atoms in total. The average molecular weight is 334 g/mol. The highest BCUT2D eigenvalue weighted by atomic mass is 35.5. The number of rotatable bonds is 5. The zero-order valence-electron chi connectivity index (χ0n) is 11.4. The first-order valence-electron chi connectivity index (χ1n) is 6.40. The Morgan fingerprint density at radius 3 is 2.81 bits per heavy atom. The van der Waals surface area contributed by atoms with E-state index >= 15 is 0 Å². The van der Waals surface area contributed by atoms with Crippen LogP contribution in [0.5, 0.6) is 0 Å². The lowest BCUT2D eigenvalue weighted by molar-refractivity contribution is 0.0250. The number of aromatic carboxylic acids is 1. The molecule has 0 amide bonds. The summed E-state index contributed by atoms with van der Waals surface area (Å²) in [6, 6.07) is 3.58. The summed E-state index contributed by atoms with van der Waals surface area (Å²) in [6.45, 7) is 2.59. The van der Waals surface area contributed by atoms with Gasteiger partial charge in [-0.05, 0) is 38.0 Å². The van der Waals surface area contributed by atoms with Gasteiger partial charge in [-0.15, -0.1) is 0 Å². The molecule has 0 bridgehead atoms. The number of sulfonamides is 1. The molecule has 0 aromatic heterocycles. The van der Waals surface area contributed by atoms with Gasteiger partial charge in [0.25, 0.3) is 0 Å². The Balaban J connectivity index is 2.19. The molecule has 2 N–H and O–H groups in total. The van der Waals surface area contributed by atoms with Crippen LogP contribution in [0.25, 0.3) is 0 Å². The number of nitrogens with one attached hydrogen (secondary N) is 1. The van der Waals surface area contributed by atoms with E-state index in [2.05, 4.69) is 4.72 Å². The minimum Gasteiger partial charge on any atom is -0.478 e. The van der Waals surface area contributed by atoms with E-state index in [4.69, 9.17) is 21.4 Å². The Hall–Kier alpha value is -1.15. The van der Waals surface area contributed by atoms with Gasteiger partial charge in [-0.25, -0.2) is 17.9 Å². The maximum Gasteiger partial charge on any atom is 0.337 e.